The molecular weight excluding hydrogens is 283 g/mol. The van der Waals surface area contributed by atoms with Crippen LogP contribution in [0.2, 0.25) is 0 Å². The zero-order chi connectivity index (χ0) is 15.1. The third kappa shape index (κ3) is 2.62. The Kier molecular flexibility index (Phi) is 4.09. The quantitative estimate of drug-likeness (QED) is 0.401. The van der Waals surface area contributed by atoms with E-state index in [0.717, 1.165) is 12.1 Å². The summed E-state index contributed by atoms with van der Waals surface area (Å²) in [6, 6.07) is 7.37. The molecule has 0 fully saturated rings. The summed E-state index contributed by atoms with van der Waals surface area (Å²) in [5, 5.41) is 37.9. The van der Waals surface area contributed by atoms with Gasteiger partial charge in [0.25, 0.3) is 0 Å². The number of phenols is 4. The van der Waals surface area contributed by atoms with E-state index in [-0.39, 0.29) is 58.6 Å². The second-order valence-electron chi connectivity index (χ2n) is 4.52. The molecule has 0 amide bonds. The van der Waals surface area contributed by atoms with Crippen LogP contribution in [0.25, 0.3) is 22.3 Å². The molecule has 3 rings (SSSR count). The topological polar surface area (TPSA) is 111 Å². The van der Waals surface area contributed by atoms with E-state index in [1.165, 1.54) is 24.3 Å². The first-order chi connectivity index (χ1) is 9.95. The van der Waals surface area contributed by atoms with Crippen LogP contribution in [0.4, 0.5) is 0 Å². The van der Waals surface area contributed by atoms with Gasteiger partial charge in [-0.15, -0.1) is 0 Å². The molecule has 2 aromatic carbocycles. The van der Waals surface area contributed by atoms with Crippen molar-refractivity contribution in [2.45, 2.75) is 0 Å². The minimum absolute atomic E-state index is 0. The fraction of sp³-hybridized carbons (Fsp3) is 0. The van der Waals surface area contributed by atoms with Crippen LogP contribution < -0.4 is 5.43 Å². The normalized spacial score (nSPS) is 10.4. The van der Waals surface area contributed by atoms with Gasteiger partial charge >= 0.3 is 18.9 Å². The van der Waals surface area contributed by atoms with Crippen molar-refractivity contribution in [1.29, 1.82) is 0 Å². The Morgan fingerprint density at radius 2 is 1.55 bits per heavy atom. The van der Waals surface area contributed by atoms with E-state index in [2.05, 4.69) is 0 Å². The first-order valence-corrected chi connectivity index (χ1v) is 5.98. The third-order valence-electron chi connectivity index (χ3n) is 3.05. The molecule has 1 aromatic heterocycles. The Hall–Kier alpha value is -2.55. The predicted molar refractivity (Wildman–Crippen MR) is 81.7 cm³/mol. The molecule has 0 spiro atoms. The number of fused-ring (bicyclic) bond motifs is 1. The van der Waals surface area contributed by atoms with Crippen molar-refractivity contribution in [2.24, 2.45) is 0 Å². The minimum atomic E-state index is -0.490. The average molecular weight is 294 g/mol. The molecule has 1 heterocycles. The van der Waals surface area contributed by atoms with Gasteiger partial charge in [-0.3, -0.25) is 4.79 Å². The molecule has 0 saturated heterocycles. The summed E-state index contributed by atoms with van der Waals surface area (Å²) in [5.74, 6) is -1.13. The zero-order valence-electron chi connectivity index (χ0n) is 10.6. The molecule has 0 aliphatic heterocycles. The van der Waals surface area contributed by atoms with E-state index >= 15 is 0 Å². The van der Waals surface area contributed by atoms with Gasteiger partial charge in [0.05, 0.1) is 0 Å². The molecule has 22 heavy (non-hydrogen) atoms. The second-order valence-corrected chi connectivity index (χ2v) is 4.52. The molecule has 0 unspecified atom stereocenters. The van der Waals surface area contributed by atoms with Crippen LogP contribution in [0.5, 0.6) is 23.0 Å². The summed E-state index contributed by atoms with van der Waals surface area (Å²) in [7, 11) is 0. The summed E-state index contributed by atoms with van der Waals surface area (Å²) >= 11 is 0. The van der Waals surface area contributed by atoms with Crippen LogP contribution in [0.15, 0.2) is 45.6 Å². The average Bonchev–Trinajstić information content (AvgIpc) is 2.40. The first kappa shape index (κ1) is 15.8. The summed E-state index contributed by atoms with van der Waals surface area (Å²) in [4.78, 5) is 12.0. The summed E-state index contributed by atoms with van der Waals surface area (Å²) in [6.07, 6.45) is 0. The van der Waals surface area contributed by atoms with Crippen molar-refractivity contribution >= 4 is 29.8 Å². The Morgan fingerprint density at radius 3 is 2.23 bits per heavy atom. The van der Waals surface area contributed by atoms with Gasteiger partial charge < -0.3 is 24.8 Å². The molecule has 7 heteroatoms. The number of hydrogen-bond donors (Lipinski definition) is 4. The van der Waals surface area contributed by atoms with Crippen LogP contribution in [-0.2, 0) is 0 Å². The van der Waals surface area contributed by atoms with E-state index in [0.29, 0.717) is 5.56 Å². The fourth-order valence-electron chi connectivity index (χ4n) is 2.07. The van der Waals surface area contributed by atoms with Gasteiger partial charge in [0.15, 0.2) is 16.9 Å². The molecule has 3 aromatic rings. The van der Waals surface area contributed by atoms with Crippen LogP contribution in [-0.4, -0.2) is 39.3 Å². The third-order valence-corrected chi connectivity index (χ3v) is 3.05. The van der Waals surface area contributed by atoms with Crippen molar-refractivity contribution in [2.75, 3.05) is 0 Å². The van der Waals surface area contributed by atoms with Gasteiger partial charge in [-0.2, -0.15) is 0 Å². The van der Waals surface area contributed by atoms with Crippen molar-refractivity contribution < 1.29 is 24.8 Å². The summed E-state index contributed by atoms with van der Waals surface area (Å²) in [6.45, 7) is 0. The molecule has 0 aliphatic carbocycles. The van der Waals surface area contributed by atoms with Gasteiger partial charge in [0.2, 0.25) is 0 Å². The monoisotopic (exact) mass is 294 g/mol. The number of rotatable bonds is 1. The standard InChI is InChI=1S/C15H10O6.Li.H/c16-8-4-11(19)15-12(20)6-13(21-14(15)5-8)7-1-2-9(17)10(18)3-7;;/h1-6,16-19H;;. The van der Waals surface area contributed by atoms with Gasteiger partial charge in [-0.1, -0.05) is 0 Å². The maximum atomic E-state index is 12.0. The van der Waals surface area contributed by atoms with Crippen LogP contribution in [0, 0.1) is 0 Å². The van der Waals surface area contributed by atoms with Gasteiger partial charge in [0.1, 0.15) is 28.2 Å². The second kappa shape index (κ2) is 5.68. The van der Waals surface area contributed by atoms with Gasteiger partial charge in [0, 0.05) is 23.8 Å². The molecular formula is C15H11LiO6. The number of phenolic OH excluding ortho intramolecular Hbond substituents is 4. The van der Waals surface area contributed by atoms with Crippen LogP contribution in [0.3, 0.4) is 0 Å². The molecule has 0 saturated carbocycles. The molecule has 6 nitrogen and oxygen atoms in total. The van der Waals surface area contributed by atoms with Crippen LogP contribution >= 0.6 is 0 Å². The predicted octanol–water partition coefficient (Wildman–Crippen LogP) is 1.63. The van der Waals surface area contributed by atoms with E-state index in [1.807, 2.05) is 0 Å². The Morgan fingerprint density at radius 1 is 0.818 bits per heavy atom. The van der Waals surface area contributed by atoms with Gasteiger partial charge in [-0.05, 0) is 18.2 Å². The molecule has 108 valence electrons. The molecule has 4 N–H and O–H groups in total. The number of benzene rings is 2. The number of hydrogen-bond acceptors (Lipinski definition) is 6. The Labute approximate surface area is 136 Å². The van der Waals surface area contributed by atoms with E-state index in [1.54, 1.807) is 0 Å². The molecule has 0 radical (unpaired) electrons. The summed E-state index contributed by atoms with van der Waals surface area (Å²) < 4.78 is 5.47. The van der Waals surface area contributed by atoms with Gasteiger partial charge in [-0.25, -0.2) is 0 Å². The molecule has 0 bridgehead atoms. The SMILES string of the molecule is O=c1cc(-c2ccc(O)c(O)c2)oc2cc(O)cc(O)c12.[LiH]. The van der Waals surface area contributed by atoms with E-state index < -0.39 is 5.43 Å². The van der Waals surface area contributed by atoms with Crippen LogP contribution in [0.1, 0.15) is 0 Å². The van der Waals surface area contributed by atoms with Crippen molar-refractivity contribution in [3.63, 3.8) is 0 Å². The van der Waals surface area contributed by atoms with Crippen molar-refractivity contribution in [3.05, 3.63) is 46.6 Å². The summed E-state index contributed by atoms with van der Waals surface area (Å²) in [5.41, 5.74) is -0.106. The molecule has 0 aliphatic rings. The Balaban J connectivity index is 0.00000176. The van der Waals surface area contributed by atoms with Crippen molar-refractivity contribution in [3.8, 4) is 34.3 Å². The fourth-order valence-corrected chi connectivity index (χ4v) is 2.07. The Bertz CT molecular complexity index is 916. The first-order valence-electron chi connectivity index (χ1n) is 5.98. The van der Waals surface area contributed by atoms with E-state index in [4.69, 9.17) is 4.42 Å². The van der Waals surface area contributed by atoms with E-state index in [9.17, 15) is 25.2 Å². The maximum absolute atomic E-state index is 12.0. The zero-order valence-corrected chi connectivity index (χ0v) is 10.6. The molecule has 0 atom stereocenters. The number of aromatic hydroxyl groups is 4. The van der Waals surface area contributed by atoms with Crippen molar-refractivity contribution in [1.82, 2.24) is 0 Å².